The maximum atomic E-state index is 11.2. The first-order chi connectivity index (χ1) is 9.99. The van der Waals surface area contributed by atoms with Gasteiger partial charge in [-0.15, -0.1) is 0 Å². The van der Waals surface area contributed by atoms with Gasteiger partial charge < -0.3 is 15.0 Å². The van der Waals surface area contributed by atoms with Crippen molar-refractivity contribution >= 4 is 22.4 Å². The largest absolute Gasteiger partial charge is 0.497 e. The number of anilines is 1. The summed E-state index contributed by atoms with van der Waals surface area (Å²) in [5.41, 5.74) is 1.92. The Morgan fingerprint density at radius 3 is 2.52 bits per heavy atom. The summed E-state index contributed by atoms with van der Waals surface area (Å²) < 4.78 is 5.17. The Hall–Kier alpha value is -1.92. The van der Waals surface area contributed by atoms with Crippen LogP contribution in [0.25, 0.3) is 11.3 Å². The molecule has 112 valence electrons. The molecule has 0 aliphatic carbocycles. The number of hydrogen-bond acceptors (Lipinski definition) is 5. The fourth-order valence-corrected chi connectivity index (χ4v) is 3.07. The van der Waals surface area contributed by atoms with Crippen LogP contribution in [-0.2, 0) is 11.3 Å². The van der Waals surface area contributed by atoms with Crippen LogP contribution >= 0.6 is 11.3 Å². The molecule has 1 aromatic heterocycles. The molecule has 0 saturated carbocycles. The topological polar surface area (TPSA) is 54.5 Å². The molecule has 1 amide bonds. The number of nitrogens with zero attached hydrogens (tertiary/aromatic N) is 2. The fourth-order valence-electron chi connectivity index (χ4n) is 1.92. The molecule has 2 rings (SSSR count). The summed E-state index contributed by atoms with van der Waals surface area (Å²) in [6.07, 6.45) is 0. The van der Waals surface area contributed by atoms with Gasteiger partial charge in [-0.1, -0.05) is 11.3 Å². The maximum Gasteiger partial charge on any atom is 0.223 e. The Bertz CT molecular complexity index is 620. The lowest BCUT2D eigenvalue weighted by molar-refractivity contribution is -0.114. The number of aromatic nitrogens is 1. The second-order valence-corrected chi connectivity index (χ2v) is 6.02. The third-order valence-corrected chi connectivity index (χ3v) is 3.76. The van der Waals surface area contributed by atoms with E-state index in [2.05, 4.69) is 15.2 Å². The van der Waals surface area contributed by atoms with Crippen LogP contribution in [0, 0.1) is 0 Å². The van der Waals surface area contributed by atoms with Crippen molar-refractivity contribution in [3.8, 4) is 17.0 Å². The Morgan fingerprint density at radius 1 is 1.33 bits per heavy atom. The number of hydrogen-bond donors (Lipinski definition) is 1. The molecule has 1 N–H and O–H groups in total. The Balaban J connectivity index is 2.38. The molecule has 0 aliphatic rings. The molecular weight excluding hydrogens is 286 g/mol. The summed E-state index contributed by atoms with van der Waals surface area (Å²) >= 11 is 1.50. The number of carbonyl (C=O) groups is 1. The number of carbonyl (C=O) groups excluding carboxylic acids is 1. The Morgan fingerprint density at radius 2 is 2.00 bits per heavy atom. The van der Waals surface area contributed by atoms with Crippen molar-refractivity contribution in [3.05, 3.63) is 29.1 Å². The number of methoxy groups -OCH3 is 1. The van der Waals surface area contributed by atoms with Gasteiger partial charge in [-0.25, -0.2) is 4.98 Å². The zero-order valence-electron chi connectivity index (χ0n) is 12.6. The van der Waals surface area contributed by atoms with E-state index in [-0.39, 0.29) is 5.91 Å². The van der Waals surface area contributed by atoms with E-state index in [0.29, 0.717) is 5.13 Å². The fraction of sp³-hybridized carbons (Fsp3) is 0.333. The summed E-state index contributed by atoms with van der Waals surface area (Å²) in [7, 11) is 5.66. The van der Waals surface area contributed by atoms with Crippen LogP contribution in [0.1, 0.15) is 11.8 Å². The number of benzene rings is 1. The van der Waals surface area contributed by atoms with E-state index in [1.54, 1.807) is 7.11 Å². The van der Waals surface area contributed by atoms with E-state index < -0.39 is 0 Å². The zero-order chi connectivity index (χ0) is 15.4. The monoisotopic (exact) mass is 305 g/mol. The molecule has 2 aromatic rings. The number of nitrogens with one attached hydrogen (secondary N) is 1. The van der Waals surface area contributed by atoms with Crippen molar-refractivity contribution in [1.82, 2.24) is 9.88 Å². The van der Waals surface area contributed by atoms with Crippen molar-refractivity contribution in [2.45, 2.75) is 13.5 Å². The smallest absolute Gasteiger partial charge is 0.223 e. The van der Waals surface area contributed by atoms with E-state index in [1.807, 2.05) is 38.4 Å². The first-order valence-corrected chi connectivity index (χ1v) is 7.37. The Kier molecular flexibility index (Phi) is 4.93. The summed E-state index contributed by atoms with van der Waals surface area (Å²) in [6, 6.07) is 7.77. The van der Waals surface area contributed by atoms with Crippen LogP contribution in [0.3, 0.4) is 0 Å². The van der Waals surface area contributed by atoms with Crippen molar-refractivity contribution < 1.29 is 9.53 Å². The molecule has 0 fully saturated rings. The van der Waals surface area contributed by atoms with Gasteiger partial charge in [0.1, 0.15) is 5.75 Å². The summed E-state index contributed by atoms with van der Waals surface area (Å²) in [6.45, 7) is 2.26. The second kappa shape index (κ2) is 6.69. The minimum Gasteiger partial charge on any atom is -0.497 e. The lowest BCUT2D eigenvalue weighted by Gasteiger charge is -2.09. The number of amides is 1. The standard InChI is InChI=1S/C15H19N3O2S/c1-10(19)16-15-17-14(13(21-15)9-18(2)3)11-5-7-12(20-4)8-6-11/h5-8H,9H2,1-4H3,(H,16,17,19). The average molecular weight is 305 g/mol. The van der Waals surface area contributed by atoms with Crippen LogP contribution in [-0.4, -0.2) is 37.0 Å². The van der Waals surface area contributed by atoms with Crippen molar-refractivity contribution in [2.24, 2.45) is 0 Å². The van der Waals surface area contributed by atoms with Gasteiger partial charge in [0.25, 0.3) is 0 Å². The van der Waals surface area contributed by atoms with Crippen molar-refractivity contribution in [2.75, 3.05) is 26.5 Å². The van der Waals surface area contributed by atoms with Gasteiger partial charge in [-0.3, -0.25) is 4.79 Å². The summed E-state index contributed by atoms with van der Waals surface area (Å²) in [5.74, 6) is 0.701. The predicted molar refractivity (Wildman–Crippen MR) is 85.8 cm³/mol. The Labute approximate surface area is 128 Å². The van der Waals surface area contributed by atoms with Crippen LogP contribution in [0.4, 0.5) is 5.13 Å². The maximum absolute atomic E-state index is 11.2. The predicted octanol–water partition coefficient (Wildman–Crippen LogP) is 2.84. The van der Waals surface area contributed by atoms with Crippen molar-refractivity contribution in [3.63, 3.8) is 0 Å². The van der Waals surface area contributed by atoms with E-state index in [4.69, 9.17) is 4.74 Å². The number of ether oxygens (including phenoxy) is 1. The molecule has 0 aliphatic heterocycles. The minimum absolute atomic E-state index is 0.110. The second-order valence-electron chi connectivity index (χ2n) is 4.94. The minimum atomic E-state index is -0.110. The molecule has 21 heavy (non-hydrogen) atoms. The molecule has 1 heterocycles. The lowest BCUT2D eigenvalue weighted by Crippen LogP contribution is -2.10. The highest BCUT2D eigenvalue weighted by Gasteiger charge is 2.14. The normalized spacial score (nSPS) is 10.7. The van der Waals surface area contributed by atoms with Gasteiger partial charge in [-0.2, -0.15) is 0 Å². The van der Waals surface area contributed by atoms with E-state index in [1.165, 1.54) is 18.3 Å². The van der Waals surface area contributed by atoms with Crippen LogP contribution < -0.4 is 10.1 Å². The highest BCUT2D eigenvalue weighted by molar-refractivity contribution is 7.16. The molecular formula is C15H19N3O2S. The van der Waals surface area contributed by atoms with E-state index in [9.17, 15) is 4.79 Å². The van der Waals surface area contributed by atoms with E-state index >= 15 is 0 Å². The number of rotatable bonds is 5. The zero-order valence-corrected chi connectivity index (χ0v) is 13.5. The highest BCUT2D eigenvalue weighted by atomic mass is 32.1. The molecule has 0 spiro atoms. The third kappa shape index (κ3) is 4.03. The van der Waals surface area contributed by atoms with Gasteiger partial charge in [0, 0.05) is 23.9 Å². The average Bonchev–Trinajstić information content (AvgIpc) is 2.79. The summed E-state index contributed by atoms with van der Waals surface area (Å²) in [5, 5.41) is 3.39. The van der Waals surface area contributed by atoms with Crippen molar-refractivity contribution in [1.29, 1.82) is 0 Å². The van der Waals surface area contributed by atoms with Gasteiger partial charge in [0.2, 0.25) is 5.91 Å². The van der Waals surface area contributed by atoms with Gasteiger partial charge >= 0.3 is 0 Å². The SMILES string of the molecule is COc1ccc(-c2nc(NC(C)=O)sc2CN(C)C)cc1. The van der Waals surface area contributed by atoms with Gasteiger partial charge in [-0.05, 0) is 38.4 Å². The molecule has 0 saturated heterocycles. The quantitative estimate of drug-likeness (QED) is 0.923. The molecule has 5 nitrogen and oxygen atoms in total. The van der Waals surface area contributed by atoms with Crippen LogP contribution in [0.2, 0.25) is 0 Å². The first kappa shape index (κ1) is 15.5. The molecule has 6 heteroatoms. The lowest BCUT2D eigenvalue weighted by atomic mass is 10.1. The van der Waals surface area contributed by atoms with Crippen LogP contribution in [0.5, 0.6) is 5.75 Å². The third-order valence-electron chi connectivity index (χ3n) is 2.80. The molecule has 0 bridgehead atoms. The van der Waals surface area contributed by atoms with Crippen LogP contribution in [0.15, 0.2) is 24.3 Å². The molecule has 0 radical (unpaired) electrons. The molecule has 0 unspecified atom stereocenters. The van der Waals surface area contributed by atoms with E-state index in [0.717, 1.165) is 28.4 Å². The highest BCUT2D eigenvalue weighted by Crippen LogP contribution is 2.32. The van der Waals surface area contributed by atoms with Gasteiger partial charge in [0.15, 0.2) is 5.13 Å². The molecule has 0 atom stereocenters. The van der Waals surface area contributed by atoms with Gasteiger partial charge in [0.05, 0.1) is 12.8 Å². The number of thiazole rings is 1. The molecule has 1 aromatic carbocycles. The first-order valence-electron chi connectivity index (χ1n) is 6.56. The summed E-state index contributed by atoms with van der Waals surface area (Å²) in [4.78, 5) is 19.0.